The van der Waals surface area contributed by atoms with Crippen LogP contribution in [0.15, 0.2) is 58.5 Å². The SMILES string of the molecule is CCCCOC(=O)NS(=O)(=O)c1ccccc1-c1ccc(Cn2c(CCC)nc(SC)c2C(=O)OCC)cc1. The van der Waals surface area contributed by atoms with Crippen LogP contribution >= 0.6 is 11.8 Å². The molecular weight excluding hydrogens is 538 g/mol. The van der Waals surface area contributed by atoms with Crippen molar-refractivity contribution < 1.29 is 27.5 Å². The number of rotatable bonds is 13. The number of carbonyl (C=O) groups is 2. The maximum Gasteiger partial charge on any atom is 0.421 e. The fourth-order valence-electron chi connectivity index (χ4n) is 4.01. The zero-order valence-electron chi connectivity index (χ0n) is 22.7. The Labute approximate surface area is 234 Å². The Hall–Kier alpha value is -3.31. The average molecular weight is 574 g/mol. The van der Waals surface area contributed by atoms with Crippen LogP contribution in [0.5, 0.6) is 0 Å². The molecule has 39 heavy (non-hydrogen) atoms. The van der Waals surface area contributed by atoms with Gasteiger partial charge in [-0.3, -0.25) is 0 Å². The first-order chi connectivity index (χ1) is 18.7. The van der Waals surface area contributed by atoms with E-state index in [1.165, 1.54) is 17.8 Å². The van der Waals surface area contributed by atoms with E-state index < -0.39 is 22.1 Å². The summed E-state index contributed by atoms with van der Waals surface area (Å²) in [5, 5.41) is 0.633. The molecule has 0 saturated carbocycles. The van der Waals surface area contributed by atoms with E-state index in [4.69, 9.17) is 9.47 Å². The van der Waals surface area contributed by atoms with Crippen molar-refractivity contribution in [3.8, 4) is 11.1 Å². The lowest BCUT2D eigenvalue weighted by Crippen LogP contribution is -2.31. The number of aryl methyl sites for hydroxylation is 1. The first kappa shape index (κ1) is 30.2. The van der Waals surface area contributed by atoms with Gasteiger partial charge < -0.3 is 14.0 Å². The number of imidazole rings is 1. The van der Waals surface area contributed by atoms with Crippen LogP contribution in [0, 0.1) is 0 Å². The molecule has 0 aliphatic carbocycles. The third kappa shape index (κ3) is 7.63. The van der Waals surface area contributed by atoms with Gasteiger partial charge in [0.1, 0.15) is 10.9 Å². The first-order valence-electron chi connectivity index (χ1n) is 12.9. The summed E-state index contributed by atoms with van der Waals surface area (Å²) in [6.45, 7) is 6.59. The second kappa shape index (κ2) is 14.2. The second-order valence-electron chi connectivity index (χ2n) is 8.73. The molecule has 1 aromatic heterocycles. The van der Waals surface area contributed by atoms with Crippen molar-refractivity contribution in [1.82, 2.24) is 14.3 Å². The number of ether oxygens (including phenoxy) is 2. The lowest BCUT2D eigenvalue weighted by Gasteiger charge is -2.14. The van der Waals surface area contributed by atoms with Gasteiger partial charge in [0, 0.05) is 18.5 Å². The Morgan fingerprint density at radius 3 is 2.36 bits per heavy atom. The van der Waals surface area contributed by atoms with Crippen molar-refractivity contribution >= 4 is 33.8 Å². The topological polar surface area (TPSA) is 117 Å². The summed E-state index contributed by atoms with van der Waals surface area (Å²) in [4.78, 5) is 29.5. The fraction of sp³-hybridized carbons (Fsp3) is 0.393. The maximum absolute atomic E-state index is 13.0. The van der Waals surface area contributed by atoms with Crippen LogP contribution in [-0.4, -0.2) is 49.5 Å². The number of hydrogen-bond donors (Lipinski definition) is 1. The van der Waals surface area contributed by atoms with Crippen molar-refractivity contribution in [2.24, 2.45) is 0 Å². The van der Waals surface area contributed by atoms with Gasteiger partial charge in [0.05, 0.1) is 18.1 Å². The van der Waals surface area contributed by atoms with Crippen LogP contribution in [0.3, 0.4) is 0 Å². The molecule has 0 spiro atoms. The van der Waals surface area contributed by atoms with Gasteiger partial charge in [-0.1, -0.05) is 62.7 Å². The fourth-order valence-corrected chi connectivity index (χ4v) is 5.72. The van der Waals surface area contributed by atoms with Crippen molar-refractivity contribution in [1.29, 1.82) is 0 Å². The highest BCUT2D eigenvalue weighted by atomic mass is 32.2. The van der Waals surface area contributed by atoms with Gasteiger partial charge in [0.2, 0.25) is 0 Å². The number of unbranched alkanes of at least 4 members (excludes halogenated alkanes) is 1. The van der Waals surface area contributed by atoms with Crippen molar-refractivity contribution in [2.75, 3.05) is 19.5 Å². The number of nitrogens with zero attached hydrogens (tertiary/aromatic N) is 2. The van der Waals surface area contributed by atoms with Crippen LogP contribution in [0.2, 0.25) is 0 Å². The zero-order chi connectivity index (χ0) is 28.4. The minimum Gasteiger partial charge on any atom is -0.461 e. The molecule has 0 fully saturated rings. The summed E-state index contributed by atoms with van der Waals surface area (Å²) in [5.41, 5.74) is 2.45. The van der Waals surface area contributed by atoms with Crippen LogP contribution in [0.25, 0.3) is 11.1 Å². The van der Waals surface area contributed by atoms with E-state index in [0.717, 1.165) is 24.2 Å². The zero-order valence-corrected chi connectivity index (χ0v) is 24.4. The molecule has 3 aromatic rings. The molecule has 3 rings (SSSR count). The number of thioether (sulfide) groups is 1. The summed E-state index contributed by atoms with van der Waals surface area (Å²) < 4.78 is 40.2. The number of esters is 1. The monoisotopic (exact) mass is 573 g/mol. The Balaban J connectivity index is 1.90. The van der Waals surface area contributed by atoms with E-state index in [1.807, 2.05) is 46.7 Å². The smallest absolute Gasteiger partial charge is 0.421 e. The standard InChI is InChI=1S/C28H35N3O6S2/c1-5-8-18-37-28(33)30-39(34,35)23-13-10-9-12-22(23)21-16-14-20(15-17-21)19-31-24(11-6-2)29-26(38-4)25(31)27(32)36-7-3/h9-10,12-17H,5-8,11,18-19H2,1-4H3,(H,30,33). The van der Waals surface area contributed by atoms with Crippen molar-refractivity contribution in [2.45, 2.75) is 62.9 Å². The van der Waals surface area contributed by atoms with E-state index in [2.05, 4.69) is 11.9 Å². The van der Waals surface area contributed by atoms with Crippen molar-refractivity contribution in [3.05, 3.63) is 65.6 Å². The number of carbonyl (C=O) groups excluding carboxylic acids is 2. The molecule has 1 N–H and O–H groups in total. The molecule has 210 valence electrons. The second-order valence-corrected chi connectivity index (χ2v) is 11.2. The molecule has 0 unspecified atom stereocenters. The number of sulfonamides is 1. The minimum absolute atomic E-state index is 0.0285. The Kier molecular flexibility index (Phi) is 11.0. The Bertz CT molecular complexity index is 1380. The highest BCUT2D eigenvalue weighted by molar-refractivity contribution is 7.98. The highest BCUT2D eigenvalue weighted by Gasteiger charge is 2.25. The van der Waals surface area contributed by atoms with Gasteiger partial charge in [-0.05, 0) is 43.2 Å². The normalized spacial score (nSPS) is 11.3. The summed E-state index contributed by atoms with van der Waals surface area (Å²) in [6.07, 6.45) is 3.93. The highest BCUT2D eigenvalue weighted by Crippen LogP contribution is 2.29. The summed E-state index contributed by atoms with van der Waals surface area (Å²) in [7, 11) is -4.16. The van der Waals surface area contributed by atoms with Crippen molar-refractivity contribution in [3.63, 3.8) is 0 Å². The third-order valence-corrected chi connectivity index (χ3v) is 7.92. The van der Waals surface area contributed by atoms with Crippen LogP contribution in [-0.2, 0) is 32.5 Å². The van der Waals surface area contributed by atoms with Crippen LogP contribution in [0.1, 0.15) is 61.9 Å². The molecule has 0 radical (unpaired) electrons. The molecule has 0 bridgehead atoms. The van der Waals surface area contributed by atoms with E-state index in [-0.39, 0.29) is 18.1 Å². The number of nitrogens with one attached hydrogen (secondary N) is 1. The maximum atomic E-state index is 13.0. The van der Waals surface area contributed by atoms with Crippen LogP contribution < -0.4 is 4.72 Å². The number of amides is 1. The lowest BCUT2D eigenvalue weighted by atomic mass is 10.0. The van der Waals surface area contributed by atoms with E-state index in [1.54, 1.807) is 25.1 Å². The molecule has 0 saturated heterocycles. The molecule has 11 heteroatoms. The predicted octanol–water partition coefficient (Wildman–Crippen LogP) is 5.66. The van der Waals surface area contributed by atoms with E-state index in [9.17, 15) is 18.0 Å². The van der Waals surface area contributed by atoms with Gasteiger partial charge in [0.15, 0.2) is 5.69 Å². The minimum atomic E-state index is -4.16. The molecular formula is C28H35N3O6S2. The third-order valence-electron chi connectivity index (χ3n) is 5.88. The number of hydrogen-bond acceptors (Lipinski definition) is 8. The quantitative estimate of drug-likeness (QED) is 0.158. The lowest BCUT2D eigenvalue weighted by molar-refractivity contribution is 0.0509. The molecule has 1 heterocycles. The van der Waals surface area contributed by atoms with E-state index in [0.29, 0.717) is 41.2 Å². The van der Waals surface area contributed by atoms with Gasteiger partial charge in [-0.25, -0.2) is 27.7 Å². The van der Waals surface area contributed by atoms with Crippen LogP contribution in [0.4, 0.5) is 4.79 Å². The largest absolute Gasteiger partial charge is 0.461 e. The summed E-state index contributed by atoms with van der Waals surface area (Å²) in [6, 6.07) is 13.9. The number of benzene rings is 2. The molecule has 1 amide bonds. The number of aromatic nitrogens is 2. The summed E-state index contributed by atoms with van der Waals surface area (Å²) in [5.74, 6) is 0.399. The molecule has 9 nitrogen and oxygen atoms in total. The van der Waals surface area contributed by atoms with Gasteiger partial charge in [0.25, 0.3) is 10.0 Å². The van der Waals surface area contributed by atoms with Gasteiger partial charge >= 0.3 is 12.1 Å². The van der Waals surface area contributed by atoms with Gasteiger partial charge in [-0.15, -0.1) is 11.8 Å². The summed E-state index contributed by atoms with van der Waals surface area (Å²) >= 11 is 1.41. The molecule has 0 aliphatic heterocycles. The predicted molar refractivity (Wildman–Crippen MR) is 152 cm³/mol. The molecule has 0 aliphatic rings. The Morgan fingerprint density at radius 2 is 1.72 bits per heavy atom. The first-order valence-corrected chi connectivity index (χ1v) is 15.6. The average Bonchev–Trinajstić information content (AvgIpc) is 3.26. The molecule has 2 aromatic carbocycles. The Morgan fingerprint density at radius 1 is 1.00 bits per heavy atom. The van der Waals surface area contributed by atoms with E-state index >= 15 is 0 Å². The van der Waals surface area contributed by atoms with Gasteiger partial charge in [-0.2, -0.15) is 0 Å². The molecule has 0 atom stereocenters.